The molecule has 0 saturated carbocycles. The molecular formula is C11H11NO2S. The number of thiazole rings is 1. The van der Waals surface area contributed by atoms with E-state index in [0.717, 1.165) is 15.2 Å². The van der Waals surface area contributed by atoms with Gasteiger partial charge in [-0.2, -0.15) is 0 Å². The van der Waals surface area contributed by atoms with Crippen LogP contribution in [0.3, 0.4) is 0 Å². The summed E-state index contributed by atoms with van der Waals surface area (Å²) in [5.74, 6) is 0.0663. The normalized spacial score (nSPS) is 10.7. The second kappa shape index (κ2) is 4.51. The van der Waals surface area contributed by atoms with Gasteiger partial charge in [0.15, 0.2) is 5.78 Å². The molecule has 2 rings (SSSR count). The predicted octanol–water partition coefficient (Wildman–Crippen LogP) is 2.05. The summed E-state index contributed by atoms with van der Waals surface area (Å²) in [4.78, 5) is 15.7. The highest BCUT2D eigenvalue weighted by atomic mass is 32.1. The molecule has 2 aromatic rings. The van der Waals surface area contributed by atoms with E-state index >= 15 is 0 Å². The van der Waals surface area contributed by atoms with Crippen LogP contribution in [0.1, 0.15) is 5.01 Å². The molecule has 0 bridgehead atoms. The van der Waals surface area contributed by atoms with Gasteiger partial charge in [-0.15, -0.1) is 11.3 Å². The van der Waals surface area contributed by atoms with Gasteiger partial charge in [0, 0.05) is 7.11 Å². The summed E-state index contributed by atoms with van der Waals surface area (Å²) in [6.45, 7) is 0.163. The van der Waals surface area contributed by atoms with Crippen LogP contribution in [0.25, 0.3) is 10.2 Å². The number of nitrogens with zero attached hydrogens (tertiary/aromatic N) is 1. The van der Waals surface area contributed by atoms with E-state index in [0.29, 0.717) is 6.42 Å². The Bertz CT molecular complexity index is 445. The average Bonchev–Trinajstić information content (AvgIpc) is 2.59. The Kier molecular flexibility index (Phi) is 3.08. The van der Waals surface area contributed by atoms with E-state index in [2.05, 4.69) is 4.98 Å². The molecule has 0 amide bonds. The Hall–Kier alpha value is -1.26. The maximum Gasteiger partial charge on any atom is 0.165 e. The molecule has 0 aliphatic carbocycles. The van der Waals surface area contributed by atoms with E-state index in [1.54, 1.807) is 11.3 Å². The molecule has 0 spiro atoms. The van der Waals surface area contributed by atoms with Crippen molar-refractivity contribution in [2.24, 2.45) is 0 Å². The molecule has 0 aliphatic heterocycles. The number of benzene rings is 1. The van der Waals surface area contributed by atoms with Crippen LogP contribution in [0.2, 0.25) is 0 Å². The van der Waals surface area contributed by atoms with Crippen LogP contribution in [-0.4, -0.2) is 24.5 Å². The Morgan fingerprint density at radius 1 is 1.47 bits per heavy atom. The number of carbonyl (C=O) groups excluding carboxylic acids is 1. The SMILES string of the molecule is COCC(=O)Cc1nc2ccccc2s1. The Balaban J connectivity index is 2.18. The van der Waals surface area contributed by atoms with Crippen LogP contribution in [0.4, 0.5) is 0 Å². The van der Waals surface area contributed by atoms with Crippen LogP contribution >= 0.6 is 11.3 Å². The molecule has 4 heteroatoms. The molecule has 0 atom stereocenters. The zero-order valence-corrected chi connectivity index (χ0v) is 9.21. The van der Waals surface area contributed by atoms with Crippen LogP contribution < -0.4 is 0 Å². The van der Waals surface area contributed by atoms with Gasteiger partial charge >= 0.3 is 0 Å². The molecule has 3 nitrogen and oxygen atoms in total. The lowest BCUT2D eigenvalue weighted by Gasteiger charge is -1.94. The summed E-state index contributed by atoms with van der Waals surface area (Å²) < 4.78 is 5.90. The number of para-hydroxylation sites is 1. The Morgan fingerprint density at radius 3 is 3.00 bits per heavy atom. The number of rotatable bonds is 4. The van der Waals surface area contributed by atoms with Gasteiger partial charge in [0.05, 0.1) is 16.6 Å². The number of fused-ring (bicyclic) bond motifs is 1. The van der Waals surface area contributed by atoms with E-state index in [1.165, 1.54) is 7.11 Å². The second-order valence-electron chi connectivity index (χ2n) is 3.22. The number of methoxy groups -OCH3 is 1. The van der Waals surface area contributed by atoms with Crippen molar-refractivity contribution >= 4 is 27.3 Å². The standard InChI is InChI=1S/C11H11NO2S/c1-14-7-8(13)6-11-12-9-4-2-3-5-10(9)15-11/h2-5H,6-7H2,1H3. The quantitative estimate of drug-likeness (QED) is 0.793. The van der Waals surface area contributed by atoms with Crippen molar-refractivity contribution in [1.82, 2.24) is 4.98 Å². The summed E-state index contributed by atoms with van der Waals surface area (Å²) >= 11 is 1.56. The van der Waals surface area contributed by atoms with Gasteiger partial charge in [-0.25, -0.2) is 4.98 Å². The highest BCUT2D eigenvalue weighted by molar-refractivity contribution is 7.18. The van der Waals surface area contributed by atoms with Gasteiger partial charge in [-0.3, -0.25) is 4.79 Å². The van der Waals surface area contributed by atoms with Gasteiger partial charge in [0.1, 0.15) is 11.6 Å². The summed E-state index contributed by atoms with van der Waals surface area (Å²) in [6, 6.07) is 7.89. The van der Waals surface area contributed by atoms with Crippen molar-refractivity contribution in [3.63, 3.8) is 0 Å². The van der Waals surface area contributed by atoms with E-state index in [-0.39, 0.29) is 12.4 Å². The van der Waals surface area contributed by atoms with Crippen LogP contribution in [0.5, 0.6) is 0 Å². The molecule has 78 valence electrons. The maximum atomic E-state index is 11.3. The first-order chi connectivity index (χ1) is 7.29. The van der Waals surface area contributed by atoms with E-state index in [9.17, 15) is 4.79 Å². The van der Waals surface area contributed by atoms with Crippen molar-refractivity contribution in [3.05, 3.63) is 29.3 Å². The van der Waals surface area contributed by atoms with E-state index in [1.807, 2.05) is 24.3 Å². The van der Waals surface area contributed by atoms with Gasteiger partial charge < -0.3 is 4.74 Å². The van der Waals surface area contributed by atoms with Crippen molar-refractivity contribution < 1.29 is 9.53 Å². The first-order valence-electron chi connectivity index (χ1n) is 4.64. The molecule has 1 heterocycles. The second-order valence-corrected chi connectivity index (χ2v) is 4.34. The number of ether oxygens (including phenoxy) is 1. The molecule has 0 fully saturated rings. The van der Waals surface area contributed by atoms with Crippen LogP contribution in [-0.2, 0) is 16.0 Å². The summed E-state index contributed by atoms with van der Waals surface area (Å²) in [5, 5.41) is 0.859. The van der Waals surface area contributed by atoms with Gasteiger partial charge in [-0.1, -0.05) is 12.1 Å². The third kappa shape index (κ3) is 2.40. The number of hydrogen-bond acceptors (Lipinski definition) is 4. The first-order valence-corrected chi connectivity index (χ1v) is 5.46. The molecule has 0 radical (unpaired) electrons. The topological polar surface area (TPSA) is 39.2 Å². The third-order valence-electron chi connectivity index (χ3n) is 1.99. The molecule has 0 unspecified atom stereocenters. The summed E-state index contributed by atoms with van der Waals surface area (Å²) in [6.07, 6.45) is 0.368. The van der Waals surface area contributed by atoms with Crippen molar-refractivity contribution in [2.45, 2.75) is 6.42 Å². The first kappa shape index (κ1) is 10.3. The summed E-state index contributed by atoms with van der Waals surface area (Å²) in [7, 11) is 1.52. The molecular weight excluding hydrogens is 210 g/mol. The van der Waals surface area contributed by atoms with Gasteiger partial charge in [0.25, 0.3) is 0 Å². The number of hydrogen-bond donors (Lipinski definition) is 0. The lowest BCUT2D eigenvalue weighted by atomic mass is 10.3. The highest BCUT2D eigenvalue weighted by Gasteiger charge is 2.08. The zero-order chi connectivity index (χ0) is 10.7. The van der Waals surface area contributed by atoms with Gasteiger partial charge in [0.2, 0.25) is 0 Å². The largest absolute Gasteiger partial charge is 0.377 e. The minimum atomic E-state index is 0.0663. The van der Waals surface area contributed by atoms with Crippen molar-refractivity contribution in [2.75, 3.05) is 13.7 Å². The monoisotopic (exact) mass is 221 g/mol. The zero-order valence-electron chi connectivity index (χ0n) is 8.40. The fourth-order valence-electron chi connectivity index (χ4n) is 1.38. The maximum absolute atomic E-state index is 11.3. The van der Waals surface area contributed by atoms with E-state index < -0.39 is 0 Å². The number of aromatic nitrogens is 1. The number of Topliss-reactive ketones (excluding diaryl/α,β-unsaturated/α-hetero) is 1. The minimum Gasteiger partial charge on any atom is -0.377 e. The lowest BCUT2D eigenvalue weighted by Crippen LogP contribution is -2.09. The smallest absolute Gasteiger partial charge is 0.165 e. The average molecular weight is 221 g/mol. The van der Waals surface area contributed by atoms with Crippen LogP contribution in [0, 0.1) is 0 Å². The van der Waals surface area contributed by atoms with Crippen molar-refractivity contribution in [3.8, 4) is 0 Å². The molecule has 0 aliphatic rings. The fourth-order valence-corrected chi connectivity index (χ4v) is 2.37. The Labute approximate surface area is 91.7 Å². The molecule has 15 heavy (non-hydrogen) atoms. The third-order valence-corrected chi connectivity index (χ3v) is 3.03. The fraction of sp³-hybridized carbons (Fsp3) is 0.273. The predicted molar refractivity (Wildman–Crippen MR) is 60.2 cm³/mol. The molecule has 1 aromatic carbocycles. The number of ketones is 1. The highest BCUT2D eigenvalue weighted by Crippen LogP contribution is 2.21. The molecule has 1 aromatic heterocycles. The summed E-state index contributed by atoms with van der Waals surface area (Å²) in [5.41, 5.74) is 0.961. The van der Waals surface area contributed by atoms with E-state index in [4.69, 9.17) is 4.74 Å². The Morgan fingerprint density at radius 2 is 2.27 bits per heavy atom. The lowest BCUT2D eigenvalue weighted by molar-refractivity contribution is -0.121. The van der Waals surface area contributed by atoms with Crippen molar-refractivity contribution in [1.29, 1.82) is 0 Å². The minimum absolute atomic E-state index is 0.0663. The van der Waals surface area contributed by atoms with Crippen LogP contribution in [0.15, 0.2) is 24.3 Å². The van der Waals surface area contributed by atoms with Gasteiger partial charge in [-0.05, 0) is 12.1 Å². The molecule has 0 saturated heterocycles. The number of carbonyl (C=O) groups is 1. The molecule has 0 N–H and O–H groups in total.